The fraction of sp³-hybridized carbons (Fsp3) is 0.385. The summed E-state index contributed by atoms with van der Waals surface area (Å²) in [6, 6.07) is 3.55. The van der Waals surface area contributed by atoms with Crippen molar-refractivity contribution in [3.05, 3.63) is 17.2 Å². The van der Waals surface area contributed by atoms with Crippen LogP contribution >= 0.6 is 24.4 Å². The molecular formula is C13H16ClN3O2S. The van der Waals surface area contributed by atoms with E-state index in [9.17, 15) is 0 Å². The van der Waals surface area contributed by atoms with Crippen LogP contribution in [0.5, 0.6) is 11.8 Å². The van der Waals surface area contributed by atoms with Crippen molar-refractivity contribution in [1.82, 2.24) is 9.97 Å². The van der Waals surface area contributed by atoms with Gasteiger partial charge in [0.1, 0.15) is 5.52 Å². The molecular weight excluding hydrogens is 298 g/mol. The predicted octanol–water partition coefficient (Wildman–Crippen LogP) is 3.36. The summed E-state index contributed by atoms with van der Waals surface area (Å²) in [5.74, 6) is 0.663. The number of anilines is 1. The number of hydrogen-bond donors (Lipinski definition) is 1. The largest absolute Gasteiger partial charge is 0.477 e. The number of ether oxygens (including phenoxy) is 2. The molecule has 0 amide bonds. The molecule has 0 spiro atoms. The van der Waals surface area contributed by atoms with Crippen molar-refractivity contribution in [3.8, 4) is 11.8 Å². The lowest BCUT2D eigenvalue weighted by molar-refractivity contribution is 0.334. The van der Waals surface area contributed by atoms with E-state index in [-0.39, 0.29) is 0 Å². The van der Waals surface area contributed by atoms with Crippen LogP contribution in [0.1, 0.15) is 13.3 Å². The predicted molar refractivity (Wildman–Crippen MR) is 84.3 cm³/mol. The van der Waals surface area contributed by atoms with Gasteiger partial charge in [-0.05, 0) is 18.6 Å². The minimum atomic E-state index is 0.328. The van der Waals surface area contributed by atoms with Gasteiger partial charge in [0.05, 0.1) is 25.4 Å². The molecule has 2 aromatic rings. The topological polar surface area (TPSA) is 47.5 Å². The number of fused-ring (bicyclic) bond motifs is 1. The Labute approximate surface area is 128 Å². The van der Waals surface area contributed by atoms with Gasteiger partial charge in [-0.2, -0.15) is 0 Å². The molecule has 0 saturated carbocycles. The number of hydrogen-bond acceptors (Lipinski definition) is 6. The van der Waals surface area contributed by atoms with E-state index >= 15 is 0 Å². The highest BCUT2D eigenvalue weighted by Gasteiger charge is 2.15. The quantitative estimate of drug-likeness (QED) is 0.858. The molecule has 0 bridgehead atoms. The second-order valence-corrected chi connectivity index (χ2v) is 5.08. The Morgan fingerprint density at radius 2 is 1.85 bits per heavy atom. The molecule has 0 atom stereocenters. The Bertz CT molecular complexity index is 624. The highest BCUT2D eigenvalue weighted by Crippen LogP contribution is 2.34. The van der Waals surface area contributed by atoms with Crippen LogP contribution in [0.25, 0.3) is 11.0 Å². The van der Waals surface area contributed by atoms with Crippen molar-refractivity contribution >= 4 is 41.1 Å². The zero-order valence-corrected chi connectivity index (χ0v) is 13.2. The van der Waals surface area contributed by atoms with Crippen LogP contribution in [0.3, 0.4) is 0 Å². The van der Waals surface area contributed by atoms with Gasteiger partial charge in [-0.15, -0.1) is 0 Å². The van der Waals surface area contributed by atoms with Gasteiger partial charge in [-0.3, -0.25) is 0 Å². The molecule has 7 heteroatoms. The zero-order chi connectivity index (χ0) is 14.7. The molecule has 5 nitrogen and oxygen atoms in total. The Kier molecular flexibility index (Phi) is 4.77. The van der Waals surface area contributed by atoms with Gasteiger partial charge in [0.15, 0.2) is 0 Å². The summed E-state index contributed by atoms with van der Waals surface area (Å²) < 4.78 is 12.2. The molecule has 0 aliphatic carbocycles. The number of thiol groups is 1. The fourth-order valence-corrected chi connectivity index (χ4v) is 2.43. The van der Waals surface area contributed by atoms with Gasteiger partial charge in [0.25, 0.3) is 11.8 Å². The van der Waals surface area contributed by atoms with Crippen LogP contribution in [0, 0.1) is 0 Å². The Morgan fingerprint density at radius 1 is 1.20 bits per heavy atom. The van der Waals surface area contributed by atoms with Crippen molar-refractivity contribution < 1.29 is 9.47 Å². The highest BCUT2D eigenvalue weighted by atomic mass is 35.5. The van der Waals surface area contributed by atoms with E-state index in [1.54, 1.807) is 10.4 Å². The first-order valence-corrected chi connectivity index (χ1v) is 6.94. The highest BCUT2D eigenvalue weighted by molar-refractivity contribution is 7.81. The molecule has 0 aliphatic heterocycles. The Morgan fingerprint density at radius 3 is 2.45 bits per heavy atom. The van der Waals surface area contributed by atoms with Crippen LogP contribution in [-0.2, 0) is 0 Å². The van der Waals surface area contributed by atoms with Crippen molar-refractivity contribution in [3.63, 3.8) is 0 Å². The van der Waals surface area contributed by atoms with Crippen molar-refractivity contribution in [2.24, 2.45) is 0 Å². The SMILES string of the molecule is CCCN(S)c1cc(Cl)cc2nc(OC)c(OC)nc12. The molecule has 20 heavy (non-hydrogen) atoms. The molecule has 0 aliphatic rings. The Hall–Kier alpha value is -1.40. The van der Waals surface area contributed by atoms with E-state index in [1.165, 1.54) is 14.2 Å². The lowest BCUT2D eigenvalue weighted by Crippen LogP contribution is -2.12. The molecule has 0 N–H and O–H groups in total. The van der Waals surface area contributed by atoms with Crippen molar-refractivity contribution in [2.75, 3.05) is 25.1 Å². The average Bonchev–Trinajstić information content (AvgIpc) is 2.45. The lowest BCUT2D eigenvalue weighted by atomic mass is 10.2. The van der Waals surface area contributed by atoms with Crippen LogP contribution < -0.4 is 13.8 Å². The maximum absolute atomic E-state index is 6.14. The first-order chi connectivity index (χ1) is 9.60. The maximum atomic E-state index is 6.14. The van der Waals surface area contributed by atoms with E-state index in [1.807, 2.05) is 6.07 Å². The summed E-state index contributed by atoms with van der Waals surface area (Å²) in [6.07, 6.45) is 0.957. The zero-order valence-electron chi connectivity index (χ0n) is 11.6. The van der Waals surface area contributed by atoms with E-state index in [2.05, 4.69) is 29.7 Å². The third kappa shape index (κ3) is 2.86. The molecule has 0 unspecified atom stereocenters. The molecule has 1 heterocycles. The van der Waals surface area contributed by atoms with Gasteiger partial charge >= 0.3 is 0 Å². The minimum absolute atomic E-state index is 0.328. The maximum Gasteiger partial charge on any atom is 0.278 e. The second-order valence-electron chi connectivity index (χ2n) is 4.16. The summed E-state index contributed by atoms with van der Waals surface area (Å²) in [4.78, 5) is 8.82. The first kappa shape index (κ1) is 15.0. The van der Waals surface area contributed by atoms with E-state index in [0.29, 0.717) is 27.8 Å². The van der Waals surface area contributed by atoms with Gasteiger partial charge in [0.2, 0.25) is 0 Å². The number of nitrogens with zero attached hydrogens (tertiary/aromatic N) is 3. The third-order valence-electron chi connectivity index (χ3n) is 2.75. The van der Waals surface area contributed by atoms with Crippen molar-refractivity contribution in [2.45, 2.75) is 13.3 Å². The third-order valence-corrected chi connectivity index (χ3v) is 3.39. The van der Waals surface area contributed by atoms with Crippen LogP contribution in [0.15, 0.2) is 12.1 Å². The number of rotatable bonds is 5. The van der Waals surface area contributed by atoms with Gasteiger partial charge in [-0.25, -0.2) is 9.97 Å². The van der Waals surface area contributed by atoms with Crippen molar-refractivity contribution in [1.29, 1.82) is 0 Å². The lowest BCUT2D eigenvalue weighted by Gasteiger charge is -2.19. The number of halogens is 1. The smallest absolute Gasteiger partial charge is 0.278 e. The number of benzene rings is 1. The molecule has 1 aromatic heterocycles. The van der Waals surface area contributed by atoms with Gasteiger partial charge < -0.3 is 13.8 Å². The summed E-state index contributed by atoms with van der Waals surface area (Å²) in [5.41, 5.74) is 2.11. The first-order valence-electron chi connectivity index (χ1n) is 6.16. The molecule has 0 saturated heterocycles. The minimum Gasteiger partial charge on any atom is -0.477 e. The van der Waals surface area contributed by atoms with E-state index in [0.717, 1.165) is 18.7 Å². The summed E-state index contributed by atoms with van der Waals surface area (Å²) in [5, 5.41) is 0.573. The standard InChI is InChI=1S/C13H16ClN3O2S/c1-4-5-17(20)10-7-8(14)6-9-11(10)16-13(19-3)12(15-9)18-2/h6-7,20H,4-5H2,1-3H3. The average molecular weight is 314 g/mol. The molecule has 0 radical (unpaired) electrons. The second kappa shape index (κ2) is 6.37. The molecule has 108 valence electrons. The number of aromatic nitrogens is 2. The van der Waals surface area contributed by atoms with Gasteiger partial charge in [0, 0.05) is 11.6 Å². The van der Waals surface area contributed by atoms with E-state index in [4.69, 9.17) is 21.1 Å². The number of methoxy groups -OCH3 is 2. The van der Waals surface area contributed by atoms with Crippen LogP contribution in [0.2, 0.25) is 5.02 Å². The summed E-state index contributed by atoms with van der Waals surface area (Å²) in [6.45, 7) is 2.85. The Balaban J connectivity index is 2.68. The van der Waals surface area contributed by atoms with Gasteiger partial charge in [-0.1, -0.05) is 31.3 Å². The monoisotopic (exact) mass is 313 g/mol. The fourth-order valence-electron chi connectivity index (χ4n) is 1.87. The normalized spacial score (nSPS) is 10.7. The summed E-state index contributed by atoms with van der Waals surface area (Å²) >= 11 is 10.6. The summed E-state index contributed by atoms with van der Waals surface area (Å²) in [7, 11) is 3.05. The van der Waals surface area contributed by atoms with E-state index < -0.39 is 0 Å². The molecule has 1 aromatic carbocycles. The van der Waals surface area contributed by atoms with Crippen LogP contribution in [-0.4, -0.2) is 30.7 Å². The molecule has 0 fully saturated rings. The molecule has 2 rings (SSSR count). The van der Waals surface area contributed by atoms with Crippen LogP contribution in [0.4, 0.5) is 5.69 Å².